The zero-order chi connectivity index (χ0) is 40.0. The van der Waals surface area contributed by atoms with E-state index in [1.54, 1.807) is 27.7 Å². The Bertz CT molecular complexity index is 977. The molecule has 2 unspecified atom stereocenters. The van der Waals surface area contributed by atoms with E-state index in [9.17, 15) is 33.6 Å². The lowest BCUT2D eigenvalue weighted by Gasteiger charge is -2.29. The first-order valence-corrected chi connectivity index (χ1v) is 19.1. The number of ketones is 3. The fourth-order valence-corrected chi connectivity index (χ4v) is 5.65. The first-order chi connectivity index (χ1) is 23.6. The van der Waals surface area contributed by atoms with Crippen LogP contribution >= 0.6 is 0 Å². The van der Waals surface area contributed by atoms with Crippen LogP contribution < -0.4 is 0 Å². The summed E-state index contributed by atoms with van der Waals surface area (Å²) < 4.78 is 0. The number of hydrogen-bond acceptors (Lipinski definition) is 7. The molecule has 0 aliphatic rings. The molecule has 0 spiro atoms. The van der Waals surface area contributed by atoms with Crippen molar-refractivity contribution in [3.05, 3.63) is 0 Å². The number of carboxylic acids is 4. The van der Waals surface area contributed by atoms with E-state index in [4.69, 9.17) is 20.4 Å². The first kappa shape index (κ1) is 52.3. The molecule has 4 N–H and O–H groups in total. The predicted molar refractivity (Wildman–Crippen MR) is 200 cm³/mol. The average molecular weight is 729 g/mol. The van der Waals surface area contributed by atoms with Crippen LogP contribution in [-0.2, 0) is 33.6 Å². The Morgan fingerprint density at radius 1 is 0.471 bits per heavy atom. The predicted octanol–water partition coefficient (Wildman–Crippen LogP) is 9.56. The third kappa shape index (κ3) is 31.4. The highest BCUT2D eigenvalue weighted by atomic mass is 16.4. The van der Waals surface area contributed by atoms with E-state index in [0.29, 0.717) is 19.3 Å². The van der Waals surface area contributed by atoms with Crippen LogP contribution in [-0.4, -0.2) is 61.7 Å². The van der Waals surface area contributed by atoms with Crippen molar-refractivity contribution in [2.75, 3.05) is 0 Å². The summed E-state index contributed by atoms with van der Waals surface area (Å²) in [6, 6.07) is 0. The van der Waals surface area contributed by atoms with Crippen LogP contribution in [0.25, 0.3) is 0 Å². The lowest BCUT2D eigenvalue weighted by atomic mass is 9.73. The summed E-state index contributed by atoms with van der Waals surface area (Å²) in [6.07, 6.45) is 20.1. The fraction of sp³-hybridized carbons (Fsp3) is 0.825. The maximum absolute atomic E-state index is 11.2. The lowest BCUT2D eigenvalue weighted by molar-refractivity contribution is -0.150. The smallest absolute Gasteiger partial charge is 0.314 e. The minimum atomic E-state index is -1.02. The van der Waals surface area contributed by atoms with E-state index in [2.05, 4.69) is 6.92 Å². The molecule has 0 aliphatic heterocycles. The minimum absolute atomic E-state index is 0.0295. The Hall–Kier alpha value is -3.11. The van der Waals surface area contributed by atoms with Gasteiger partial charge in [0.25, 0.3) is 0 Å². The van der Waals surface area contributed by atoms with Crippen molar-refractivity contribution in [2.24, 2.45) is 22.7 Å². The second-order valence-corrected chi connectivity index (χ2v) is 15.2. The Labute approximate surface area is 307 Å². The van der Waals surface area contributed by atoms with E-state index in [1.807, 2.05) is 0 Å². The van der Waals surface area contributed by atoms with Gasteiger partial charge in [0.1, 0.15) is 29.2 Å². The van der Waals surface area contributed by atoms with Crippen LogP contribution in [0.3, 0.4) is 0 Å². The number of carbonyl (C=O) groups excluding carboxylic acids is 3. The zero-order valence-corrected chi connectivity index (χ0v) is 33.2. The third-order valence-electron chi connectivity index (χ3n) is 9.22. The van der Waals surface area contributed by atoms with Crippen LogP contribution in [0.5, 0.6) is 0 Å². The summed E-state index contributed by atoms with van der Waals surface area (Å²) in [4.78, 5) is 76.0. The molecule has 298 valence electrons. The summed E-state index contributed by atoms with van der Waals surface area (Å²) in [5.74, 6) is -5.66. The van der Waals surface area contributed by atoms with Gasteiger partial charge in [-0.05, 0) is 60.3 Å². The molecule has 0 aliphatic carbocycles. The minimum Gasteiger partial charge on any atom is -0.481 e. The van der Waals surface area contributed by atoms with E-state index in [-0.39, 0.29) is 23.8 Å². The maximum Gasteiger partial charge on any atom is 0.314 e. The number of rotatable bonds is 29. The molecule has 0 heterocycles. The molecule has 11 nitrogen and oxygen atoms in total. The van der Waals surface area contributed by atoms with Gasteiger partial charge in [-0.2, -0.15) is 0 Å². The highest BCUT2D eigenvalue weighted by molar-refractivity contribution is 5.97. The number of carboxylic acid groups (broad SMARTS) is 4. The highest BCUT2D eigenvalue weighted by Gasteiger charge is 2.37. The summed E-state index contributed by atoms with van der Waals surface area (Å²) in [6.45, 7) is 13.2. The van der Waals surface area contributed by atoms with Gasteiger partial charge in [-0.3, -0.25) is 33.6 Å². The Morgan fingerprint density at radius 3 is 1.04 bits per heavy atom. The van der Waals surface area contributed by atoms with Gasteiger partial charge < -0.3 is 20.4 Å². The molecule has 0 radical (unpaired) electrons. The summed E-state index contributed by atoms with van der Waals surface area (Å²) in [5, 5.41) is 35.0. The zero-order valence-electron chi connectivity index (χ0n) is 33.2. The van der Waals surface area contributed by atoms with Gasteiger partial charge in [0, 0.05) is 11.8 Å². The molecule has 2 atom stereocenters. The van der Waals surface area contributed by atoms with E-state index in [0.717, 1.165) is 70.6 Å². The van der Waals surface area contributed by atoms with Crippen molar-refractivity contribution in [2.45, 2.75) is 190 Å². The molecule has 0 aromatic heterocycles. The van der Waals surface area contributed by atoms with Crippen LogP contribution in [0.2, 0.25) is 0 Å². The van der Waals surface area contributed by atoms with Crippen LogP contribution in [0.1, 0.15) is 190 Å². The SMILES string of the molecule is CC(=O)C(C)(C)CC(C)(C)C(=O)O.CC(=O)C(CCCCCCCCCCC(=O)O)C(=O)O.CCCCCCCCCCCC(C(C)=O)C(=O)O. The van der Waals surface area contributed by atoms with Crippen molar-refractivity contribution >= 4 is 41.2 Å². The van der Waals surface area contributed by atoms with Gasteiger partial charge in [-0.1, -0.05) is 124 Å². The molecule has 0 fully saturated rings. The average Bonchev–Trinajstić information content (AvgIpc) is 3.00. The lowest BCUT2D eigenvalue weighted by Crippen LogP contribution is -2.34. The van der Waals surface area contributed by atoms with Gasteiger partial charge in [-0.15, -0.1) is 0 Å². The molecule has 51 heavy (non-hydrogen) atoms. The van der Waals surface area contributed by atoms with Crippen molar-refractivity contribution in [3.63, 3.8) is 0 Å². The first-order valence-electron chi connectivity index (χ1n) is 19.1. The second kappa shape index (κ2) is 30.5. The Morgan fingerprint density at radius 2 is 0.784 bits per heavy atom. The largest absolute Gasteiger partial charge is 0.481 e. The molecule has 0 aromatic rings. The molecular formula is C40H72O11. The molecule has 0 saturated carbocycles. The van der Waals surface area contributed by atoms with Crippen LogP contribution in [0, 0.1) is 22.7 Å². The van der Waals surface area contributed by atoms with Crippen molar-refractivity contribution in [1.29, 1.82) is 0 Å². The molecule has 0 amide bonds. The Balaban J connectivity index is -0.000000693. The molecule has 0 aromatic carbocycles. The normalized spacial score (nSPS) is 12.3. The molecule has 0 saturated heterocycles. The fourth-order valence-electron chi connectivity index (χ4n) is 5.65. The van der Waals surface area contributed by atoms with Gasteiger partial charge in [-0.25, -0.2) is 0 Å². The van der Waals surface area contributed by atoms with Crippen molar-refractivity contribution in [1.82, 2.24) is 0 Å². The monoisotopic (exact) mass is 729 g/mol. The number of aliphatic carboxylic acids is 4. The standard InChI is InChI=1S/C15H26O5.C15H28O3.C10H18O3/c1-12(16)13(15(19)20)10-8-6-4-2-3-5-7-9-11-14(17)18;1-3-4-5-6-7-8-9-10-11-12-14(13(2)16)15(17)18;1-7(11)9(2,3)6-10(4,5)8(12)13/h13H,2-11H2,1H3,(H,17,18)(H,19,20);14H,3-12H2,1-2H3,(H,17,18);6H2,1-5H3,(H,12,13). The summed E-state index contributed by atoms with van der Waals surface area (Å²) >= 11 is 0. The molecule has 0 rings (SSSR count). The van der Waals surface area contributed by atoms with Crippen LogP contribution in [0.15, 0.2) is 0 Å². The highest BCUT2D eigenvalue weighted by Crippen LogP contribution is 2.34. The van der Waals surface area contributed by atoms with E-state index < -0.39 is 46.5 Å². The molecule has 11 heteroatoms. The van der Waals surface area contributed by atoms with Crippen LogP contribution in [0.4, 0.5) is 0 Å². The summed E-state index contributed by atoms with van der Waals surface area (Å²) in [7, 11) is 0. The number of hydrogen-bond donors (Lipinski definition) is 4. The summed E-state index contributed by atoms with van der Waals surface area (Å²) in [5.41, 5.74) is -1.39. The third-order valence-corrected chi connectivity index (χ3v) is 9.22. The quantitative estimate of drug-likeness (QED) is 0.0422. The number of carbonyl (C=O) groups is 7. The van der Waals surface area contributed by atoms with E-state index in [1.165, 1.54) is 59.3 Å². The van der Waals surface area contributed by atoms with Crippen molar-refractivity contribution < 1.29 is 54.0 Å². The van der Waals surface area contributed by atoms with Gasteiger partial charge in [0.2, 0.25) is 0 Å². The number of Topliss-reactive ketones (excluding diaryl/α,β-unsaturated/α-hetero) is 3. The van der Waals surface area contributed by atoms with Gasteiger partial charge in [0.05, 0.1) is 5.41 Å². The van der Waals surface area contributed by atoms with Crippen molar-refractivity contribution in [3.8, 4) is 0 Å². The van der Waals surface area contributed by atoms with Gasteiger partial charge in [0.15, 0.2) is 0 Å². The topological polar surface area (TPSA) is 200 Å². The Kier molecular flexibility index (Phi) is 31.3. The van der Waals surface area contributed by atoms with Gasteiger partial charge >= 0.3 is 23.9 Å². The number of unbranched alkanes of at least 4 members (excludes halogenated alkanes) is 15. The molecular weight excluding hydrogens is 656 g/mol. The second-order valence-electron chi connectivity index (χ2n) is 15.2. The molecule has 0 bridgehead atoms. The van der Waals surface area contributed by atoms with E-state index >= 15 is 0 Å². The maximum atomic E-state index is 11.2.